The predicted octanol–water partition coefficient (Wildman–Crippen LogP) is 5.30. The van der Waals surface area contributed by atoms with Crippen LogP contribution >= 0.6 is 12.4 Å². The molecule has 174 valence electrons. The van der Waals surface area contributed by atoms with Gasteiger partial charge >= 0.3 is 0 Å². The third-order valence-electron chi connectivity index (χ3n) is 8.50. The van der Waals surface area contributed by atoms with E-state index in [1.165, 1.54) is 76.6 Å². The average molecular weight is 448 g/mol. The summed E-state index contributed by atoms with van der Waals surface area (Å²) in [5.41, 5.74) is 5.46. The number of piperidine rings is 1. The molecule has 4 fully saturated rings. The Morgan fingerprint density at radius 2 is 1.58 bits per heavy atom. The monoisotopic (exact) mass is 447 g/mol. The number of benzene rings is 1. The van der Waals surface area contributed by atoms with Crippen molar-refractivity contribution in [1.82, 2.24) is 4.90 Å². The average Bonchev–Trinajstić information content (AvgIpc) is 3.57. The number of methoxy groups -OCH3 is 1. The van der Waals surface area contributed by atoms with Gasteiger partial charge in [-0.1, -0.05) is 0 Å². The highest BCUT2D eigenvalue weighted by Crippen LogP contribution is 2.59. The minimum Gasteiger partial charge on any atom is -0.383 e. The van der Waals surface area contributed by atoms with Crippen LogP contribution in [0.15, 0.2) is 18.2 Å². The number of nitrogens with zero attached hydrogens (tertiary/aromatic N) is 3. The lowest BCUT2D eigenvalue weighted by molar-refractivity contribution is 0.144. The van der Waals surface area contributed by atoms with Crippen LogP contribution in [0.2, 0.25) is 0 Å². The molecule has 2 heterocycles. The Balaban J connectivity index is 0.00000231. The molecule has 1 aromatic rings. The Kier molecular flexibility index (Phi) is 7.72. The minimum atomic E-state index is 0. The van der Waals surface area contributed by atoms with Gasteiger partial charge in [-0.15, -0.1) is 12.4 Å². The van der Waals surface area contributed by atoms with Gasteiger partial charge in [-0.05, 0) is 92.9 Å². The molecule has 31 heavy (non-hydrogen) atoms. The van der Waals surface area contributed by atoms with Gasteiger partial charge in [0.05, 0.1) is 6.61 Å². The number of hydrogen-bond donors (Lipinski definition) is 0. The van der Waals surface area contributed by atoms with E-state index in [9.17, 15) is 0 Å². The molecule has 0 unspecified atom stereocenters. The Morgan fingerprint density at radius 3 is 2.23 bits per heavy atom. The first kappa shape index (κ1) is 23.2. The molecule has 1 spiro atoms. The second-order valence-corrected chi connectivity index (χ2v) is 10.4. The molecule has 0 bridgehead atoms. The van der Waals surface area contributed by atoms with Gasteiger partial charge in [-0.3, -0.25) is 4.90 Å². The molecule has 0 aromatic heterocycles. The summed E-state index contributed by atoms with van der Waals surface area (Å²) in [4.78, 5) is 7.88. The molecule has 0 N–H and O–H groups in total. The van der Waals surface area contributed by atoms with Crippen LogP contribution in [-0.2, 0) is 4.74 Å². The van der Waals surface area contributed by atoms with Crippen LogP contribution in [0.5, 0.6) is 0 Å². The molecule has 4 aliphatic rings. The number of ether oxygens (including phenoxy) is 1. The first-order chi connectivity index (χ1) is 14.8. The third kappa shape index (κ3) is 5.34. The second-order valence-electron chi connectivity index (χ2n) is 10.4. The topological polar surface area (TPSA) is 19.0 Å². The normalized spacial score (nSPS) is 24.3. The largest absolute Gasteiger partial charge is 0.383 e. The fourth-order valence-corrected chi connectivity index (χ4v) is 6.16. The van der Waals surface area contributed by atoms with Crippen molar-refractivity contribution in [3.63, 3.8) is 0 Å². The van der Waals surface area contributed by atoms with Gasteiger partial charge in [0.2, 0.25) is 0 Å². The molecule has 1 aromatic carbocycles. The summed E-state index contributed by atoms with van der Waals surface area (Å²) in [5.74, 6) is 0.766. The zero-order valence-corrected chi connectivity index (χ0v) is 20.3. The molecule has 2 saturated heterocycles. The van der Waals surface area contributed by atoms with Crippen LogP contribution in [0.1, 0.15) is 69.3 Å². The summed E-state index contributed by atoms with van der Waals surface area (Å²) in [6.07, 6.45) is 12.9. The summed E-state index contributed by atoms with van der Waals surface area (Å²) >= 11 is 0. The van der Waals surface area contributed by atoms with E-state index < -0.39 is 0 Å². The Morgan fingerprint density at radius 1 is 0.871 bits per heavy atom. The first-order valence-corrected chi connectivity index (χ1v) is 12.6. The zero-order chi connectivity index (χ0) is 20.4. The molecule has 2 aliphatic carbocycles. The van der Waals surface area contributed by atoms with E-state index in [0.717, 1.165) is 50.7 Å². The predicted molar refractivity (Wildman–Crippen MR) is 133 cm³/mol. The maximum atomic E-state index is 5.29. The van der Waals surface area contributed by atoms with Crippen LogP contribution in [-0.4, -0.2) is 64.4 Å². The minimum absolute atomic E-state index is 0. The molecule has 2 aliphatic heterocycles. The van der Waals surface area contributed by atoms with Crippen molar-refractivity contribution in [2.45, 2.75) is 63.7 Å². The molecule has 5 rings (SSSR count). The molecule has 0 atom stereocenters. The van der Waals surface area contributed by atoms with Gasteiger partial charge in [-0.2, -0.15) is 0 Å². The van der Waals surface area contributed by atoms with Crippen LogP contribution in [0, 0.1) is 5.41 Å². The maximum Gasteiger partial charge on any atom is 0.0589 e. The summed E-state index contributed by atoms with van der Waals surface area (Å²) < 4.78 is 5.29. The molecule has 4 nitrogen and oxygen atoms in total. The summed E-state index contributed by atoms with van der Waals surface area (Å²) in [6.45, 7) is 9.01. The molecular weight excluding hydrogens is 406 g/mol. The lowest BCUT2D eigenvalue weighted by Crippen LogP contribution is -2.47. The van der Waals surface area contributed by atoms with E-state index in [0.29, 0.717) is 0 Å². The van der Waals surface area contributed by atoms with E-state index >= 15 is 0 Å². The summed E-state index contributed by atoms with van der Waals surface area (Å²) in [6, 6.07) is 7.51. The SMILES string of the molecule is COCCN1CCN(c2ccc(N3CCCCC3)cc2C2CCC3(CC2)CC3)CC1.Cl. The van der Waals surface area contributed by atoms with Crippen molar-refractivity contribution >= 4 is 23.8 Å². The van der Waals surface area contributed by atoms with E-state index in [4.69, 9.17) is 4.74 Å². The summed E-state index contributed by atoms with van der Waals surface area (Å²) in [7, 11) is 1.81. The van der Waals surface area contributed by atoms with Gasteiger partial charge in [0.25, 0.3) is 0 Å². The van der Waals surface area contributed by atoms with Gasteiger partial charge in [0.15, 0.2) is 0 Å². The lowest BCUT2D eigenvalue weighted by Gasteiger charge is -2.39. The Labute approximate surface area is 195 Å². The highest BCUT2D eigenvalue weighted by Gasteiger charge is 2.45. The summed E-state index contributed by atoms with van der Waals surface area (Å²) in [5, 5.41) is 0. The Hall–Kier alpha value is -0.970. The van der Waals surface area contributed by atoms with Crippen LogP contribution in [0.25, 0.3) is 0 Å². The van der Waals surface area contributed by atoms with Gasteiger partial charge in [0.1, 0.15) is 0 Å². The molecular formula is C26H42ClN3O. The highest BCUT2D eigenvalue weighted by molar-refractivity contribution is 5.85. The zero-order valence-electron chi connectivity index (χ0n) is 19.5. The fourth-order valence-electron chi connectivity index (χ4n) is 6.16. The van der Waals surface area contributed by atoms with E-state index in [-0.39, 0.29) is 12.4 Å². The molecule has 2 saturated carbocycles. The maximum absolute atomic E-state index is 5.29. The van der Waals surface area contributed by atoms with Crippen molar-refractivity contribution in [1.29, 1.82) is 0 Å². The molecule has 5 heteroatoms. The quantitative estimate of drug-likeness (QED) is 0.588. The van der Waals surface area contributed by atoms with E-state index in [2.05, 4.69) is 32.9 Å². The van der Waals surface area contributed by atoms with Crippen molar-refractivity contribution in [3.8, 4) is 0 Å². The lowest BCUT2D eigenvalue weighted by atomic mass is 9.76. The van der Waals surface area contributed by atoms with Crippen molar-refractivity contribution in [2.24, 2.45) is 5.41 Å². The van der Waals surface area contributed by atoms with Crippen molar-refractivity contribution in [3.05, 3.63) is 23.8 Å². The first-order valence-electron chi connectivity index (χ1n) is 12.6. The highest BCUT2D eigenvalue weighted by atomic mass is 35.5. The number of rotatable bonds is 6. The number of halogens is 1. The fraction of sp³-hybridized carbons (Fsp3) is 0.769. The standard InChI is InChI=1S/C26H41N3O.ClH/c1-30-20-19-27-15-17-29(18-16-27)25-6-5-23(28-13-3-2-4-14-28)21-24(25)22-7-9-26(10-8-22)11-12-26;/h5-6,21-22H,2-4,7-20H2,1H3;1H. The number of anilines is 2. The van der Waals surface area contributed by atoms with E-state index in [1.54, 1.807) is 11.3 Å². The molecule has 0 amide bonds. The number of hydrogen-bond acceptors (Lipinski definition) is 4. The van der Waals surface area contributed by atoms with Crippen LogP contribution in [0.3, 0.4) is 0 Å². The van der Waals surface area contributed by atoms with Crippen molar-refractivity contribution in [2.75, 3.05) is 69.3 Å². The van der Waals surface area contributed by atoms with E-state index in [1.807, 2.05) is 7.11 Å². The van der Waals surface area contributed by atoms with Crippen LogP contribution < -0.4 is 9.80 Å². The van der Waals surface area contributed by atoms with Gasteiger partial charge in [-0.25, -0.2) is 0 Å². The third-order valence-corrected chi connectivity index (χ3v) is 8.50. The Bertz CT molecular complexity index is 699. The van der Waals surface area contributed by atoms with Gasteiger partial charge in [0, 0.05) is 64.3 Å². The van der Waals surface area contributed by atoms with Crippen LogP contribution in [0.4, 0.5) is 11.4 Å². The smallest absolute Gasteiger partial charge is 0.0589 e. The van der Waals surface area contributed by atoms with Gasteiger partial charge < -0.3 is 14.5 Å². The number of piperazine rings is 1. The second kappa shape index (κ2) is 10.3. The van der Waals surface area contributed by atoms with Crippen molar-refractivity contribution < 1.29 is 4.74 Å². The molecule has 0 radical (unpaired) electrons.